The molecule has 1 aromatic carbocycles. The molecule has 0 saturated heterocycles. The maximum atomic E-state index is 6.13. The highest BCUT2D eigenvalue weighted by molar-refractivity contribution is 7.80. The molecule has 0 amide bonds. The Morgan fingerprint density at radius 2 is 2.00 bits per heavy atom. The van der Waals surface area contributed by atoms with E-state index in [9.17, 15) is 0 Å². The molecule has 2 nitrogen and oxygen atoms in total. The molecule has 0 aliphatic heterocycles. The van der Waals surface area contributed by atoms with Crippen molar-refractivity contribution < 1.29 is 0 Å². The number of halogens is 1. The van der Waals surface area contributed by atoms with Crippen LogP contribution in [0.4, 0.5) is 5.69 Å². The predicted molar refractivity (Wildman–Crippen MR) is 87.0 cm³/mol. The van der Waals surface area contributed by atoms with Crippen molar-refractivity contribution >= 4 is 34.6 Å². The second-order valence-corrected chi connectivity index (χ2v) is 6.04. The van der Waals surface area contributed by atoms with Gasteiger partial charge in [0.15, 0.2) is 5.11 Å². The largest absolute Gasteiger partial charge is 0.349 e. The number of hydrogen-bond donors (Lipinski definition) is 1. The highest BCUT2D eigenvalue weighted by atomic mass is 35.5. The van der Waals surface area contributed by atoms with Crippen molar-refractivity contribution in [3.05, 3.63) is 28.8 Å². The van der Waals surface area contributed by atoms with Gasteiger partial charge in [-0.15, -0.1) is 0 Å². The topological polar surface area (TPSA) is 15.3 Å². The second-order valence-electron chi connectivity index (χ2n) is 5.25. The first-order valence-electron chi connectivity index (χ1n) is 6.88. The minimum atomic E-state index is 0.577. The number of nitrogens with zero attached hydrogens (tertiary/aromatic N) is 1. The molecular formula is C15H21ClN2S. The lowest BCUT2D eigenvalue weighted by molar-refractivity contribution is 0.281. The minimum Gasteiger partial charge on any atom is -0.349 e. The van der Waals surface area contributed by atoms with Crippen molar-refractivity contribution in [2.75, 3.05) is 12.4 Å². The first-order valence-corrected chi connectivity index (χ1v) is 7.67. The molecule has 4 heteroatoms. The Kier molecular flexibility index (Phi) is 5.06. The predicted octanol–water partition coefficient (Wildman–Crippen LogP) is 4.61. The molecule has 19 heavy (non-hydrogen) atoms. The number of benzene rings is 1. The van der Waals surface area contributed by atoms with E-state index in [2.05, 4.69) is 17.3 Å². The van der Waals surface area contributed by atoms with Crippen molar-refractivity contribution in [3.8, 4) is 0 Å². The summed E-state index contributed by atoms with van der Waals surface area (Å²) in [5.41, 5.74) is 2.05. The van der Waals surface area contributed by atoms with E-state index in [0.717, 1.165) is 21.4 Å². The number of rotatable bonds is 2. The molecule has 0 bridgehead atoms. The van der Waals surface area contributed by atoms with Crippen LogP contribution in [-0.4, -0.2) is 23.1 Å². The van der Waals surface area contributed by atoms with Gasteiger partial charge < -0.3 is 10.2 Å². The van der Waals surface area contributed by atoms with Crippen LogP contribution in [0.25, 0.3) is 0 Å². The molecule has 1 aliphatic carbocycles. The Balaban J connectivity index is 2.01. The summed E-state index contributed by atoms with van der Waals surface area (Å²) in [4.78, 5) is 2.20. The van der Waals surface area contributed by atoms with Crippen LogP contribution in [0.1, 0.15) is 37.7 Å². The molecule has 0 atom stereocenters. The van der Waals surface area contributed by atoms with Crippen LogP contribution < -0.4 is 5.32 Å². The van der Waals surface area contributed by atoms with Gasteiger partial charge >= 0.3 is 0 Å². The van der Waals surface area contributed by atoms with Crippen molar-refractivity contribution in [3.63, 3.8) is 0 Å². The van der Waals surface area contributed by atoms with Gasteiger partial charge in [0, 0.05) is 23.8 Å². The molecule has 2 rings (SSSR count). The number of thiocarbonyl (C=S) groups is 1. The van der Waals surface area contributed by atoms with Gasteiger partial charge in [-0.05, 0) is 49.7 Å². The van der Waals surface area contributed by atoms with Gasteiger partial charge in [-0.3, -0.25) is 0 Å². The van der Waals surface area contributed by atoms with Gasteiger partial charge in [0.1, 0.15) is 0 Å². The molecule has 1 aromatic rings. The molecule has 0 spiro atoms. The fourth-order valence-electron chi connectivity index (χ4n) is 2.58. The molecular weight excluding hydrogens is 276 g/mol. The molecule has 1 fully saturated rings. The summed E-state index contributed by atoms with van der Waals surface area (Å²) in [6.45, 7) is 2.01. The molecule has 0 radical (unpaired) electrons. The van der Waals surface area contributed by atoms with Gasteiger partial charge in [0.25, 0.3) is 0 Å². The van der Waals surface area contributed by atoms with Crippen LogP contribution in [0.5, 0.6) is 0 Å². The zero-order valence-corrected chi connectivity index (χ0v) is 13.2. The van der Waals surface area contributed by atoms with E-state index in [1.165, 1.54) is 32.1 Å². The lowest BCUT2D eigenvalue weighted by atomic mass is 9.95. The van der Waals surface area contributed by atoms with Crippen molar-refractivity contribution in [1.82, 2.24) is 4.90 Å². The summed E-state index contributed by atoms with van der Waals surface area (Å²) in [6, 6.07) is 6.44. The molecule has 1 aliphatic rings. The second kappa shape index (κ2) is 6.58. The SMILES string of the molecule is Cc1c(Cl)cccc1NC(=S)N(C)C1CCCCC1. The molecule has 104 valence electrons. The smallest absolute Gasteiger partial charge is 0.173 e. The van der Waals surface area contributed by atoms with Crippen LogP contribution in [-0.2, 0) is 0 Å². The maximum absolute atomic E-state index is 6.13. The third-order valence-electron chi connectivity index (χ3n) is 3.95. The zero-order chi connectivity index (χ0) is 13.8. The van der Waals surface area contributed by atoms with Crippen molar-refractivity contribution in [2.24, 2.45) is 0 Å². The van der Waals surface area contributed by atoms with E-state index in [1.807, 2.05) is 25.1 Å². The normalized spacial score (nSPS) is 16.2. The van der Waals surface area contributed by atoms with E-state index < -0.39 is 0 Å². The van der Waals surface area contributed by atoms with Crippen LogP contribution in [0, 0.1) is 6.92 Å². The lowest BCUT2D eigenvalue weighted by Crippen LogP contribution is -2.40. The number of hydrogen-bond acceptors (Lipinski definition) is 1. The molecule has 0 aromatic heterocycles. The Morgan fingerprint density at radius 3 is 2.68 bits per heavy atom. The monoisotopic (exact) mass is 296 g/mol. The minimum absolute atomic E-state index is 0.577. The summed E-state index contributed by atoms with van der Waals surface area (Å²) >= 11 is 11.6. The highest BCUT2D eigenvalue weighted by Gasteiger charge is 2.20. The average molecular weight is 297 g/mol. The standard InChI is InChI=1S/C15H21ClN2S/c1-11-13(16)9-6-10-14(11)17-15(19)18(2)12-7-4-3-5-8-12/h6,9-10,12H,3-5,7-8H2,1-2H3,(H,17,19). The third kappa shape index (κ3) is 3.61. The van der Waals surface area contributed by atoms with Gasteiger partial charge in [0.05, 0.1) is 0 Å². The first kappa shape index (κ1) is 14.6. The lowest BCUT2D eigenvalue weighted by Gasteiger charge is -2.33. The molecule has 1 saturated carbocycles. The fraction of sp³-hybridized carbons (Fsp3) is 0.533. The highest BCUT2D eigenvalue weighted by Crippen LogP contribution is 2.25. The Labute approximate surface area is 126 Å². The number of anilines is 1. The first-order chi connectivity index (χ1) is 9.09. The summed E-state index contributed by atoms with van der Waals surface area (Å²) < 4.78 is 0. The zero-order valence-electron chi connectivity index (χ0n) is 11.6. The average Bonchev–Trinajstić information content (AvgIpc) is 2.44. The maximum Gasteiger partial charge on any atom is 0.173 e. The van der Waals surface area contributed by atoms with Crippen LogP contribution in [0.3, 0.4) is 0 Å². The Morgan fingerprint density at radius 1 is 1.32 bits per heavy atom. The van der Waals surface area contributed by atoms with E-state index in [0.29, 0.717) is 6.04 Å². The summed E-state index contributed by atoms with van der Waals surface area (Å²) in [5.74, 6) is 0. The molecule has 1 N–H and O–H groups in total. The van der Waals surface area contributed by atoms with Crippen LogP contribution in [0.2, 0.25) is 5.02 Å². The fourth-order valence-corrected chi connectivity index (χ4v) is 3.01. The third-order valence-corrected chi connectivity index (χ3v) is 4.75. The number of nitrogens with one attached hydrogen (secondary N) is 1. The summed E-state index contributed by atoms with van der Waals surface area (Å²) in [6.07, 6.45) is 6.47. The van der Waals surface area contributed by atoms with Crippen molar-refractivity contribution in [1.29, 1.82) is 0 Å². The quantitative estimate of drug-likeness (QED) is 0.802. The van der Waals surface area contributed by atoms with E-state index in [1.54, 1.807) is 0 Å². The Hall–Kier alpha value is -0.800. The van der Waals surface area contributed by atoms with E-state index in [-0.39, 0.29) is 0 Å². The van der Waals surface area contributed by atoms with E-state index in [4.69, 9.17) is 23.8 Å². The van der Waals surface area contributed by atoms with Crippen LogP contribution >= 0.6 is 23.8 Å². The van der Waals surface area contributed by atoms with Crippen LogP contribution in [0.15, 0.2) is 18.2 Å². The van der Waals surface area contributed by atoms with E-state index >= 15 is 0 Å². The van der Waals surface area contributed by atoms with Gasteiger partial charge in [-0.2, -0.15) is 0 Å². The van der Waals surface area contributed by atoms with Gasteiger partial charge in [0.2, 0.25) is 0 Å². The summed E-state index contributed by atoms with van der Waals surface area (Å²) in [5, 5.41) is 4.88. The molecule has 0 heterocycles. The molecule has 0 unspecified atom stereocenters. The van der Waals surface area contributed by atoms with Crippen molar-refractivity contribution in [2.45, 2.75) is 45.1 Å². The van der Waals surface area contributed by atoms with Gasteiger partial charge in [-0.25, -0.2) is 0 Å². The Bertz CT molecular complexity index is 455. The summed E-state index contributed by atoms with van der Waals surface area (Å²) in [7, 11) is 2.09. The van der Waals surface area contributed by atoms with Gasteiger partial charge in [-0.1, -0.05) is 36.9 Å².